The maximum atomic E-state index is 11.3. The number of likely N-dealkylation sites (tertiary alicyclic amines) is 1. The van der Waals surface area contributed by atoms with E-state index in [1.807, 2.05) is 6.92 Å². The van der Waals surface area contributed by atoms with E-state index in [-0.39, 0.29) is 18.0 Å². The summed E-state index contributed by atoms with van der Waals surface area (Å²) in [5.74, 6) is -0.145. The van der Waals surface area contributed by atoms with Crippen molar-refractivity contribution >= 4 is 12.1 Å². The van der Waals surface area contributed by atoms with Crippen LogP contribution in [-0.2, 0) is 14.3 Å². The summed E-state index contributed by atoms with van der Waals surface area (Å²) in [6.45, 7) is 5.31. The van der Waals surface area contributed by atoms with Gasteiger partial charge in [-0.05, 0) is 19.3 Å². The van der Waals surface area contributed by atoms with Crippen molar-refractivity contribution in [1.82, 2.24) is 4.90 Å². The summed E-state index contributed by atoms with van der Waals surface area (Å²) in [5.41, 5.74) is 1.03. The van der Waals surface area contributed by atoms with Gasteiger partial charge in [-0.3, -0.25) is 0 Å². The second-order valence-corrected chi connectivity index (χ2v) is 4.04. The van der Waals surface area contributed by atoms with Crippen molar-refractivity contribution in [1.29, 1.82) is 0 Å². The van der Waals surface area contributed by atoms with Crippen LogP contribution in [0.1, 0.15) is 20.3 Å². The van der Waals surface area contributed by atoms with Crippen LogP contribution in [0.2, 0.25) is 0 Å². The second-order valence-electron chi connectivity index (χ2n) is 4.04. The van der Waals surface area contributed by atoms with E-state index < -0.39 is 0 Å². The number of methoxy groups -OCH3 is 1. The van der Waals surface area contributed by atoms with Crippen LogP contribution in [0.25, 0.3) is 0 Å². The topological polar surface area (TPSA) is 55.8 Å². The molecule has 1 saturated heterocycles. The maximum Gasteiger partial charge on any atom is 0.409 e. The number of hydrogen-bond acceptors (Lipinski definition) is 4. The predicted molar refractivity (Wildman–Crippen MR) is 62.5 cm³/mol. The average molecular weight is 241 g/mol. The molecule has 96 valence electrons. The zero-order chi connectivity index (χ0) is 12.8. The van der Waals surface area contributed by atoms with Gasteiger partial charge in [-0.1, -0.05) is 12.5 Å². The minimum atomic E-state index is -0.313. The van der Waals surface area contributed by atoms with E-state index >= 15 is 0 Å². The molecule has 1 unspecified atom stereocenters. The van der Waals surface area contributed by atoms with Crippen molar-refractivity contribution in [2.45, 2.75) is 20.3 Å². The molecule has 0 spiro atoms. The lowest BCUT2D eigenvalue weighted by atomic mass is 9.93. The van der Waals surface area contributed by atoms with Crippen molar-refractivity contribution in [2.75, 3.05) is 26.8 Å². The number of rotatable bonds is 2. The third kappa shape index (κ3) is 3.76. The lowest BCUT2D eigenvalue weighted by molar-refractivity contribution is -0.137. The number of hydrogen-bond donors (Lipinski definition) is 0. The third-order valence-electron chi connectivity index (χ3n) is 2.82. The van der Waals surface area contributed by atoms with Crippen molar-refractivity contribution in [3.8, 4) is 0 Å². The Balaban J connectivity index is 2.59. The van der Waals surface area contributed by atoms with Crippen LogP contribution < -0.4 is 0 Å². The first-order valence-electron chi connectivity index (χ1n) is 5.78. The highest BCUT2D eigenvalue weighted by Crippen LogP contribution is 2.22. The van der Waals surface area contributed by atoms with Gasteiger partial charge in [0.25, 0.3) is 0 Å². The van der Waals surface area contributed by atoms with E-state index in [1.165, 1.54) is 7.11 Å². The zero-order valence-electron chi connectivity index (χ0n) is 10.6. The number of carbonyl (C=O) groups excluding carboxylic acids is 2. The Morgan fingerprint density at radius 3 is 2.76 bits per heavy atom. The van der Waals surface area contributed by atoms with Crippen LogP contribution in [0.3, 0.4) is 0 Å². The van der Waals surface area contributed by atoms with Crippen LogP contribution >= 0.6 is 0 Å². The largest absolute Gasteiger partial charge is 0.463 e. The molecule has 0 aromatic carbocycles. The fourth-order valence-electron chi connectivity index (χ4n) is 1.89. The van der Waals surface area contributed by atoms with Crippen LogP contribution in [0.5, 0.6) is 0 Å². The van der Waals surface area contributed by atoms with Crippen molar-refractivity contribution in [3.05, 3.63) is 11.6 Å². The fraction of sp³-hybridized carbons (Fsp3) is 0.667. The van der Waals surface area contributed by atoms with E-state index in [2.05, 4.69) is 4.74 Å². The highest BCUT2D eigenvalue weighted by Gasteiger charge is 2.25. The van der Waals surface area contributed by atoms with Gasteiger partial charge < -0.3 is 14.4 Å². The summed E-state index contributed by atoms with van der Waals surface area (Å²) in [6.07, 6.45) is 1.92. The maximum absolute atomic E-state index is 11.3. The minimum absolute atomic E-state index is 0.159. The Morgan fingerprint density at radius 2 is 2.24 bits per heavy atom. The summed E-state index contributed by atoms with van der Waals surface area (Å²) < 4.78 is 9.54. The van der Waals surface area contributed by atoms with Gasteiger partial charge in [0.1, 0.15) is 0 Å². The van der Waals surface area contributed by atoms with E-state index in [4.69, 9.17) is 4.74 Å². The molecule has 1 rings (SSSR count). The molecule has 1 aliphatic heterocycles. The molecule has 17 heavy (non-hydrogen) atoms. The molecule has 0 aromatic rings. The Labute approximate surface area is 101 Å². The SMILES string of the molecule is CCOC(=O)/C=C1/CCN(C(=O)OC)CC1C. The molecule has 0 radical (unpaired) electrons. The first-order valence-corrected chi connectivity index (χ1v) is 5.78. The van der Waals surface area contributed by atoms with Gasteiger partial charge in [0.15, 0.2) is 0 Å². The molecule has 5 nitrogen and oxygen atoms in total. The number of amides is 1. The van der Waals surface area contributed by atoms with E-state index in [0.717, 1.165) is 5.57 Å². The van der Waals surface area contributed by atoms with E-state index in [1.54, 1.807) is 17.9 Å². The summed E-state index contributed by atoms with van der Waals surface area (Å²) in [4.78, 5) is 24.3. The number of carbonyl (C=O) groups is 2. The Kier molecular flexibility index (Phi) is 5.00. The molecule has 0 N–H and O–H groups in total. The molecule has 1 aliphatic rings. The fourth-order valence-corrected chi connectivity index (χ4v) is 1.89. The molecule has 0 aromatic heterocycles. The van der Waals surface area contributed by atoms with Gasteiger partial charge in [-0.15, -0.1) is 0 Å². The van der Waals surface area contributed by atoms with Gasteiger partial charge in [0, 0.05) is 19.2 Å². The lowest BCUT2D eigenvalue weighted by Crippen LogP contribution is -2.40. The average Bonchev–Trinajstić information content (AvgIpc) is 2.31. The molecule has 0 aliphatic carbocycles. The first-order chi connectivity index (χ1) is 8.08. The second kappa shape index (κ2) is 6.27. The summed E-state index contributed by atoms with van der Waals surface area (Å²) in [5, 5.41) is 0. The third-order valence-corrected chi connectivity index (χ3v) is 2.82. The van der Waals surface area contributed by atoms with Gasteiger partial charge in [-0.25, -0.2) is 9.59 Å². The number of piperidine rings is 1. The molecular weight excluding hydrogens is 222 g/mol. The predicted octanol–water partition coefficient (Wildman–Crippen LogP) is 1.58. The molecule has 0 bridgehead atoms. The minimum Gasteiger partial charge on any atom is -0.463 e. The van der Waals surface area contributed by atoms with E-state index in [0.29, 0.717) is 26.1 Å². The summed E-state index contributed by atoms with van der Waals surface area (Å²) in [6, 6.07) is 0. The van der Waals surface area contributed by atoms with Crippen LogP contribution in [0, 0.1) is 5.92 Å². The number of ether oxygens (including phenoxy) is 2. The first kappa shape index (κ1) is 13.5. The van der Waals surface area contributed by atoms with Crippen LogP contribution in [0.4, 0.5) is 4.79 Å². The van der Waals surface area contributed by atoms with Crippen LogP contribution in [-0.4, -0.2) is 43.8 Å². The summed E-state index contributed by atoms with van der Waals surface area (Å²) >= 11 is 0. The molecule has 1 fully saturated rings. The zero-order valence-corrected chi connectivity index (χ0v) is 10.6. The smallest absolute Gasteiger partial charge is 0.409 e. The summed E-state index contributed by atoms with van der Waals surface area (Å²) in [7, 11) is 1.37. The van der Waals surface area contributed by atoms with Crippen LogP contribution in [0.15, 0.2) is 11.6 Å². The molecular formula is C12H19NO4. The van der Waals surface area contributed by atoms with Gasteiger partial charge in [-0.2, -0.15) is 0 Å². The molecule has 0 saturated carbocycles. The van der Waals surface area contributed by atoms with E-state index in [9.17, 15) is 9.59 Å². The molecule has 1 amide bonds. The number of esters is 1. The Hall–Kier alpha value is -1.52. The molecule has 1 heterocycles. The van der Waals surface area contributed by atoms with Crippen molar-refractivity contribution < 1.29 is 19.1 Å². The Morgan fingerprint density at radius 1 is 1.53 bits per heavy atom. The lowest BCUT2D eigenvalue weighted by Gasteiger charge is -2.31. The monoisotopic (exact) mass is 241 g/mol. The normalized spacial score (nSPS) is 22.4. The molecule has 1 atom stereocenters. The van der Waals surface area contributed by atoms with Gasteiger partial charge in [0.05, 0.1) is 13.7 Å². The highest BCUT2D eigenvalue weighted by atomic mass is 16.5. The van der Waals surface area contributed by atoms with Gasteiger partial charge >= 0.3 is 12.1 Å². The highest BCUT2D eigenvalue weighted by molar-refractivity contribution is 5.83. The van der Waals surface area contributed by atoms with Crippen molar-refractivity contribution in [2.24, 2.45) is 5.92 Å². The standard InChI is InChI=1S/C12H19NO4/c1-4-17-11(14)7-10-5-6-13(8-9(10)2)12(15)16-3/h7,9H,4-6,8H2,1-3H3/b10-7-. The number of nitrogens with zero attached hydrogens (tertiary/aromatic N) is 1. The molecule has 5 heteroatoms. The van der Waals surface area contributed by atoms with Crippen molar-refractivity contribution in [3.63, 3.8) is 0 Å². The van der Waals surface area contributed by atoms with Gasteiger partial charge in [0.2, 0.25) is 0 Å². The quantitative estimate of drug-likeness (QED) is 0.544. The Bertz CT molecular complexity index is 324.